The highest BCUT2D eigenvalue weighted by molar-refractivity contribution is 8.00. The van der Waals surface area contributed by atoms with Gasteiger partial charge in [0.1, 0.15) is 5.01 Å². The standard InChI is InChI=1S/C15H20N4OS2/c1-10-5-7-12(8-6-10)21-11(2)14(20)17-9-3-4-13-18-19-15(16)22-13/h5-8,11H,3-4,9H2,1-2H3,(H2,16,19)(H,17,20)/t11-/m0/s1. The number of anilines is 1. The van der Waals surface area contributed by atoms with Crippen LogP contribution in [0.1, 0.15) is 23.9 Å². The van der Waals surface area contributed by atoms with E-state index < -0.39 is 0 Å². The highest BCUT2D eigenvalue weighted by Crippen LogP contribution is 2.23. The van der Waals surface area contributed by atoms with Crippen LogP contribution >= 0.6 is 23.1 Å². The summed E-state index contributed by atoms with van der Waals surface area (Å²) in [4.78, 5) is 13.2. The average Bonchev–Trinajstić information content (AvgIpc) is 2.91. The molecule has 1 atom stereocenters. The van der Waals surface area contributed by atoms with E-state index in [1.807, 2.05) is 19.1 Å². The first kappa shape index (κ1) is 16.8. The van der Waals surface area contributed by atoms with Crippen molar-refractivity contribution in [1.29, 1.82) is 0 Å². The number of hydrogen-bond donors (Lipinski definition) is 2. The van der Waals surface area contributed by atoms with Crippen LogP contribution in [0.5, 0.6) is 0 Å². The lowest BCUT2D eigenvalue weighted by molar-refractivity contribution is -0.120. The van der Waals surface area contributed by atoms with E-state index in [1.165, 1.54) is 16.9 Å². The Balaban J connectivity index is 1.68. The van der Waals surface area contributed by atoms with E-state index in [9.17, 15) is 4.79 Å². The van der Waals surface area contributed by atoms with E-state index in [0.29, 0.717) is 11.7 Å². The quantitative estimate of drug-likeness (QED) is 0.600. The number of nitrogens with one attached hydrogen (secondary N) is 1. The van der Waals surface area contributed by atoms with Crippen molar-refractivity contribution in [2.75, 3.05) is 12.3 Å². The molecule has 0 bridgehead atoms. The minimum Gasteiger partial charge on any atom is -0.374 e. The molecule has 1 heterocycles. The molecular weight excluding hydrogens is 316 g/mol. The number of hydrogen-bond acceptors (Lipinski definition) is 6. The van der Waals surface area contributed by atoms with Crippen molar-refractivity contribution in [3.05, 3.63) is 34.8 Å². The van der Waals surface area contributed by atoms with Crippen LogP contribution in [0.3, 0.4) is 0 Å². The van der Waals surface area contributed by atoms with Crippen LogP contribution < -0.4 is 11.1 Å². The van der Waals surface area contributed by atoms with Crippen molar-refractivity contribution in [2.24, 2.45) is 0 Å². The zero-order valence-corrected chi connectivity index (χ0v) is 14.3. The number of nitrogens with zero attached hydrogens (tertiary/aromatic N) is 2. The van der Waals surface area contributed by atoms with Crippen LogP contribution in [0.4, 0.5) is 5.13 Å². The van der Waals surface area contributed by atoms with Crippen LogP contribution in [-0.2, 0) is 11.2 Å². The lowest BCUT2D eigenvalue weighted by Gasteiger charge is -2.11. The van der Waals surface area contributed by atoms with Crippen molar-refractivity contribution >= 4 is 34.1 Å². The third-order valence-electron chi connectivity index (χ3n) is 3.05. The van der Waals surface area contributed by atoms with Gasteiger partial charge in [-0.05, 0) is 32.4 Å². The molecule has 2 rings (SSSR count). The molecule has 0 spiro atoms. The van der Waals surface area contributed by atoms with E-state index in [2.05, 4.69) is 34.6 Å². The maximum Gasteiger partial charge on any atom is 0.233 e. The minimum absolute atomic E-state index is 0.0577. The van der Waals surface area contributed by atoms with Crippen LogP contribution in [0.2, 0.25) is 0 Å². The smallest absolute Gasteiger partial charge is 0.233 e. The summed E-state index contributed by atoms with van der Waals surface area (Å²) in [5.41, 5.74) is 6.75. The van der Waals surface area contributed by atoms with Gasteiger partial charge in [0.15, 0.2) is 0 Å². The number of carbonyl (C=O) groups excluding carboxylic acids is 1. The van der Waals surface area contributed by atoms with Gasteiger partial charge in [0.2, 0.25) is 11.0 Å². The zero-order chi connectivity index (χ0) is 15.9. The molecule has 0 saturated carbocycles. The summed E-state index contributed by atoms with van der Waals surface area (Å²) in [6, 6.07) is 8.20. The van der Waals surface area contributed by atoms with Crippen LogP contribution in [0, 0.1) is 6.92 Å². The molecule has 0 fully saturated rings. The molecule has 1 amide bonds. The summed E-state index contributed by atoms with van der Waals surface area (Å²) < 4.78 is 0. The normalized spacial score (nSPS) is 12.1. The van der Waals surface area contributed by atoms with E-state index in [0.717, 1.165) is 22.7 Å². The number of nitrogen functional groups attached to an aromatic ring is 1. The molecule has 0 unspecified atom stereocenters. The summed E-state index contributed by atoms with van der Waals surface area (Å²) in [6.07, 6.45) is 1.62. The fourth-order valence-electron chi connectivity index (χ4n) is 1.84. The number of thioether (sulfide) groups is 1. The molecule has 0 aliphatic rings. The lowest BCUT2D eigenvalue weighted by Crippen LogP contribution is -2.31. The van der Waals surface area contributed by atoms with Gasteiger partial charge in [0.05, 0.1) is 5.25 Å². The summed E-state index contributed by atoms with van der Waals surface area (Å²) in [5, 5.41) is 12.0. The van der Waals surface area contributed by atoms with Gasteiger partial charge in [-0.2, -0.15) is 0 Å². The maximum absolute atomic E-state index is 12.1. The van der Waals surface area contributed by atoms with Gasteiger partial charge in [-0.25, -0.2) is 0 Å². The molecule has 0 radical (unpaired) electrons. The van der Waals surface area contributed by atoms with Crippen molar-refractivity contribution in [3.8, 4) is 0 Å². The van der Waals surface area contributed by atoms with Gasteiger partial charge in [0, 0.05) is 17.9 Å². The predicted molar refractivity (Wildman–Crippen MR) is 92.2 cm³/mol. The molecule has 5 nitrogen and oxygen atoms in total. The third-order valence-corrected chi connectivity index (χ3v) is 4.98. The Bertz CT molecular complexity index is 612. The molecule has 0 aliphatic carbocycles. The molecule has 0 aliphatic heterocycles. The Kier molecular flexibility index (Phi) is 6.21. The summed E-state index contributed by atoms with van der Waals surface area (Å²) >= 11 is 2.96. The van der Waals surface area contributed by atoms with Gasteiger partial charge in [0.25, 0.3) is 0 Å². The first-order chi connectivity index (χ1) is 10.5. The number of aryl methyl sites for hydroxylation is 2. The van der Waals surface area contributed by atoms with Crippen LogP contribution in [-0.4, -0.2) is 27.9 Å². The number of nitrogens with two attached hydrogens (primary N) is 1. The van der Waals surface area contributed by atoms with Gasteiger partial charge in [-0.1, -0.05) is 29.0 Å². The van der Waals surface area contributed by atoms with E-state index >= 15 is 0 Å². The van der Waals surface area contributed by atoms with Crippen molar-refractivity contribution in [3.63, 3.8) is 0 Å². The topological polar surface area (TPSA) is 80.9 Å². The highest BCUT2D eigenvalue weighted by atomic mass is 32.2. The monoisotopic (exact) mass is 336 g/mol. The summed E-state index contributed by atoms with van der Waals surface area (Å²) in [5.74, 6) is 0.0577. The zero-order valence-electron chi connectivity index (χ0n) is 12.7. The fourth-order valence-corrected chi connectivity index (χ4v) is 3.38. The third kappa shape index (κ3) is 5.31. The molecule has 118 valence electrons. The van der Waals surface area contributed by atoms with E-state index in [4.69, 9.17) is 5.73 Å². The predicted octanol–water partition coefficient (Wildman–Crippen LogP) is 2.66. The first-order valence-electron chi connectivity index (χ1n) is 7.13. The molecule has 1 aromatic carbocycles. The molecule has 0 saturated heterocycles. The number of rotatable bonds is 7. The Morgan fingerprint density at radius 1 is 1.36 bits per heavy atom. The Morgan fingerprint density at radius 3 is 2.73 bits per heavy atom. The Hall–Kier alpha value is -1.60. The highest BCUT2D eigenvalue weighted by Gasteiger charge is 2.13. The van der Waals surface area contributed by atoms with E-state index in [-0.39, 0.29) is 11.2 Å². The largest absolute Gasteiger partial charge is 0.374 e. The van der Waals surface area contributed by atoms with E-state index in [1.54, 1.807) is 11.8 Å². The number of aromatic nitrogens is 2. The molecule has 2 aromatic rings. The fraction of sp³-hybridized carbons (Fsp3) is 0.400. The van der Waals surface area contributed by atoms with Crippen molar-refractivity contribution in [2.45, 2.75) is 36.8 Å². The van der Waals surface area contributed by atoms with Gasteiger partial charge in [-0.3, -0.25) is 4.79 Å². The Morgan fingerprint density at radius 2 is 2.09 bits per heavy atom. The van der Waals surface area contributed by atoms with Crippen LogP contribution in [0.25, 0.3) is 0 Å². The number of benzene rings is 1. The first-order valence-corrected chi connectivity index (χ1v) is 8.83. The average molecular weight is 336 g/mol. The number of carbonyl (C=O) groups is 1. The SMILES string of the molecule is Cc1ccc(S[C@@H](C)C(=O)NCCCc2nnc(N)s2)cc1. The van der Waals surface area contributed by atoms with Crippen molar-refractivity contribution in [1.82, 2.24) is 15.5 Å². The molecular formula is C15H20N4OS2. The van der Waals surface area contributed by atoms with Crippen molar-refractivity contribution < 1.29 is 4.79 Å². The second-order valence-corrected chi connectivity index (χ2v) is 7.51. The van der Waals surface area contributed by atoms with Crippen LogP contribution in [0.15, 0.2) is 29.2 Å². The van der Waals surface area contributed by atoms with Gasteiger partial charge >= 0.3 is 0 Å². The minimum atomic E-state index is -0.111. The van der Waals surface area contributed by atoms with Gasteiger partial charge < -0.3 is 11.1 Å². The lowest BCUT2D eigenvalue weighted by atomic mass is 10.2. The second-order valence-electron chi connectivity index (χ2n) is 5.00. The summed E-state index contributed by atoms with van der Waals surface area (Å²) in [6.45, 7) is 4.61. The molecule has 1 aromatic heterocycles. The second kappa shape index (κ2) is 8.14. The number of amides is 1. The summed E-state index contributed by atoms with van der Waals surface area (Å²) in [7, 11) is 0. The maximum atomic E-state index is 12.1. The molecule has 22 heavy (non-hydrogen) atoms. The van der Waals surface area contributed by atoms with Gasteiger partial charge in [-0.15, -0.1) is 22.0 Å². The Labute approximate surface area is 138 Å². The molecule has 3 N–H and O–H groups in total. The molecule has 7 heteroatoms.